The molecule has 0 atom stereocenters. The molecule has 0 fully saturated rings. The summed E-state index contributed by atoms with van der Waals surface area (Å²) in [5, 5.41) is 3.21. The maximum absolute atomic E-state index is 12.3. The number of carbonyl (C=O) groups excluding carboxylic acids is 3. The molecule has 0 bridgehead atoms. The minimum atomic E-state index is -0.670. The first-order valence-corrected chi connectivity index (χ1v) is 7.16. The van der Waals surface area contributed by atoms with Gasteiger partial charge in [0.25, 0.3) is 0 Å². The second-order valence-corrected chi connectivity index (χ2v) is 5.08. The van der Waals surface area contributed by atoms with Gasteiger partial charge in [-0.3, -0.25) is 4.79 Å². The third-order valence-corrected chi connectivity index (χ3v) is 3.47. The predicted molar refractivity (Wildman–Crippen MR) is 88.1 cm³/mol. The molecule has 2 rings (SSSR count). The van der Waals surface area contributed by atoms with Gasteiger partial charge in [-0.05, 0) is 13.0 Å². The van der Waals surface area contributed by atoms with Crippen LogP contribution in [0.1, 0.15) is 29.9 Å². The van der Waals surface area contributed by atoms with Crippen LogP contribution in [-0.2, 0) is 19.1 Å². The first-order valence-electron chi connectivity index (χ1n) is 7.16. The van der Waals surface area contributed by atoms with E-state index in [0.29, 0.717) is 16.5 Å². The second-order valence-electron chi connectivity index (χ2n) is 5.08. The molecule has 7 heteroatoms. The lowest BCUT2D eigenvalue weighted by molar-refractivity contribution is -0.133. The Morgan fingerprint density at radius 3 is 2.29 bits per heavy atom. The number of hydrogen-bond donors (Lipinski definition) is 2. The molecule has 0 aliphatic rings. The molecule has 7 nitrogen and oxygen atoms in total. The molecule has 1 aromatic carbocycles. The van der Waals surface area contributed by atoms with Crippen molar-refractivity contribution in [3.05, 3.63) is 41.2 Å². The van der Waals surface area contributed by atoms with E-state index < -0.39 is 11.9 Å². The number of hydrogen-bond acceptors (Lipinski definition) is 5. The van der Waals surface area contributed by atoms with Gasteiger partial charge in [0.1, 0.15) is 5.69 Å². The standard InChI is InChI=1S/C17H18N2O5/c1-9(18-10(2)20)13(16(21)23-3)14-11-7-5-6-8-12(11)19-15(14)17(22)24-4/h5-8,19H,1-4H3,(H,18,20)/b13-9+. The number of methoxy groups -OCH3 is 2. The zero-order valence-electron chi connectivity index (χ0n) is 13.9. The maximum atomic E-state index is 12.3. The number of ether oxygens (including phenoxy) is 2. The lowest BCUT2D eigenvalue weighted by atomic mass is 10.00. The summed E-state index contributed by atoms with van der Waals surface area (Å²) < 4.78 is 9.64. The van der Waals surface area contributed by atoms with Gasteiger partial charge < -0.3 is 19.8 Å². The van der Waals surface area contributed by atoms with E-state index in [0.717, 1.165) is 0 Å². The van der Waals surface area contributed by atoms with Crippen LogP contribution in [0.15, 0.2) is 30.0 Å². The molecule has 1 aromatic heterocycles. The van der Waals surface area contributed by atoms with E-state index in [1.807, 2.05) is 0 Å². The van der Waals surface area contributed by atoms with Crippen LogP contribution in [0.2, 0.25) is 0 Å². The van der Waals surface area contributed by atoms with E-state index >= 15 is 0 Å². The molecule has 126 valence electrons. The van der Waals surface area contributed by atoms with Crippen molar-refractivity contribution in [1.29, 1.82) is 0 Å². The van der Waals surface area contributed by atoms with Crippen molar-refractivity contribution >= 4 is 34.3 Å². The third-order valence-electron chi connectivity index (χ3n) is 3.47. The van der Waals surface area contributed by atoms with Crippen LogP contribution in [0.4, 0.5) is 0 Å². The number of H-pyrrole nitrogens is 1. The summed E-state index contributed by atoms with van der Waals surface area (Å²) in [5.74, 6) is -1.64. The van der Waals surface area contributed by atoms with Gasteiger partial charge in [-0.1, -0.05) is 18.2 Å². The highest BCUT2D eigenvalue weighted by Gasteiger charge is 2.27. The summed E-state index contributed by atoms with van der Waals surface area (Å²) >= 11 is 0. The fourth-order valence-corrected chi connectivity index (χ4v) is 2.53. The normalized spacial score (nSPS) is 11.7. The number of esters is 2. The number of nitrogens with one attached hydrogen (secondary N) is 2. The van der Waals surface area contributed by atoms with Crippen molar-refractivity contribution in [2.45, 2.75) is 13.8 Å². The maximum Gasteiger partial charge on any atom is 0.355 e. The summed E-state index contributed by atoms with van der Waals surface area (Å²) in [4.78, 5) is 38.8. The average molecular weight is 330 g/mol. The topological polar surface area (TPSA) is 97.5 Å². The Kier molecular flexibility index (Phi) is 5.03. The number of amides is 1. The van der Waals surface area contributed by atoms with Crippen molar-refractivity contribution < 1.29 is 23.9 Å². The summed E-state index contributed by atoms with van der Waals surface area (Å²) in [6.45, 7) is 2.89. The van der Waals surface area contributed by atoms with E-state index in [9.17, 15) is 14.4 Å². The van der Waals surface area contributed by atoms with Crippen molar-refractivity contribution in [1.82, 2.24) is 10.3 Å². The van der Waals surface area contributed by atoms with Crippen molar-refractivity contribution in [2.24, 2.45) is 0 Å². The largest absolute Gasteiger partial charge is 0.465 e. The minimum Gasteiger partial charge on any atom is -0.465 e. The van der Waals surface area contributed by atoms with Crippen molar-refractivity contribution in [2.75, 3.05) is 14.2 Å². The van der Waals surface area contributed by atoms with Crippen molar-refractivity contribution in [3.63, 3.8) is 0 Å². The van der Waals surface area contributed by atoms with Gasteiger partial charge in [0, 0.05) is 29.1 Å². The van der Waals surface area contributed by atoms with Gasteiger partial charge in [-0.2, -0.15) is 0 Å². The number of benzene rings is 1. The first-order chi connectivity index (χ1) is 11.4. The molecule has 24 heavy (non-hydrogen) atoms. The van der Waals surface area contributed by atoms with Gasteiger partial charge in [0.15, 0.2) is 0 Å². The molecule has 0 saturated heterocycles. The number of rotatable bonds is 4. The Balaban J connectivity index is 2.85. The second kappa shape index (κ2) is 6.99. The van der Waals surface area contributed by atoms with E-state index in [4.69, 9.17) is 9.47 Å². The first kappa shape index (κ1) is 17.3. The highest BCUT2D eigenvalue weighted by molar-refractivity contribution is 6.24. The summed E-state index contributed by atoms with van der Waals surface area (Å²) in [7, 11) is 2.48. The molecule has 0 unspecified atom stereocenters. The number of fused-ring (bicyclic) bond motifs is 1. The quantitative estimate of drug-likeness (QED) is 0.660. The Bertz CT molecular complexity index is 848. The molecule has 0 aliphatic heterocycles. The molecule has 2 aromatic rings. The van der Waals surface area contributed by atoms with Crippen molar-refractivity contribution in [3.8, 4) is 0 Å². The van der Waals surface area contributed by atoms with E-state index in [1.165, 1.54) is 21.1 Å². The molecule has 0 aliphatic carbocycles. The van der Waals surface area contributed by atoms with E-state index in [2.05, 4.69) is 10.3 Å². The smallest absolute Gasteiger partial charge is 0.355 e. The monoisotopic (exact) mass is 330 g/mol. The summed E-state index contributed by atoms with van der Waals surface area (Å²) in [6.07, 6.45) is 0. The number of carbonyl (C=O) groups is 3. The van der Waals surface area contributed by atoms with Crippen LogP contribution in [-0.4, -0.2) is 37.0 Å². The van der Waals surface area contributed by atoms with Gasteiger partial charge in [0.05, 0.1) is 19.8 Å². The van der Waals surface area contributed by atoms with Crippen LogP contribution in [0, 0.1) is 0 Å². The fourth-order valence-electron chi connectivity index (χ4n) is 2.53. The Morgan fingerprint density at radius 2 is 1.71 bits per heavy atom. The number of para-hydroxylation sites is 1. The molecule has 2 N–H and O–H groups in total. The third kappa shape index (κ3) is 3.15. The molecule has 0 saturated carbocycles. The van der Waals surface area contributed by atoms with Crippen LogP contribution in [0.3, 0.4) is 0 Å². The van der Waals surface area contributed by atoms with Gasteiger partial charge in [-0.15, -0.1) is 0 Å². The van der Waals surface area contributed by atoms with Crippen LogP contribution < -0.4 is 5.32 Å². The molecule has 0 radical (unpaired) electrons. The molecular weight excluding hydrogens is 312 g/mol. The lowest BCUT2D eigenvalue weighted by Crippen LogP contribution is -2.22. The Labute approximate surface area is 138 Å². The van der Waals surface area contributed by atoms with E-state index in [1.54, 1.807) is 31.2 Å². The zero-order valence-corrected chi connectivity index (χ0v) is 13.9. The molecular formula is C17H18N2O5. The lowest BCUT2D eigenvalue weighted by Gasteiger charge is -2.12. The highest BCUT2D eigenvalue weighted by atomic mass is 16.5. The van der Waals surface area contributed by atoms with E-state index in [-0.39, 0.29) is 22.9 Å². The van der Waals surface area contributed by atoms with Crippen LogP contribution >= 0.6 is 0 Å². The Hall–Kier alpha value is -3.09. The number of allylic oxidation sites excluding steroid dienone is 1. The average Bonchev–Trinajstić information content (AvgIpc) is 2.93. The summed E-state index contributed by atoms with van der Waals surface area (Å²) in [6, 6.07) is 7.11. The van der Waals surface area contributed by atoms with Gasteiger partial charge >= 0.3 is 11.9 Å². The molecule has 1 amide bonds. The SMILES string of the molecule is COC(=O)/C(=C(\C)NC(C)=O)c1c(C(=O)OC)[nH]c2ccccc12. The minimum absolute atomic E-state index is 0.0885. The highest BCUT2D eigenvalue weighted by Crippen LogP contribution is 2.31. The van der Waals surface area contributed by atoms with Crippen LogP contribution in [0.5, 0.6) is 0 Å². The number of aromatic nitrogens is 1. The van der Waals surface area contributed by atoms with Gasteiger partial charge in [-0.25, -0.2) is 9.59 Å². The zero-order chi connectivity index (χ0) is 17.9. The van der Waals surface area contributed by atoms with Crippen LogP contribution in [0.25, 0.3) is 16.5 Å². The summed E-state index contributed by atoms with van der Waals surface area (Å²) in [5.41, 5.74) is 1.47. The fraction of sp³-hybridized carbons (Fsp3) is 0.235. The predicted octanol–water partition coefficient (Wildman–Crippen LogP) is 1.99. The Morgan fingerprint density at radius 1 is 1.04 bits per heavy atom. The van der Waals surface area contributed by atoms with Gasteiger partial charge in [0.2, 0.25) is 5.91 Å². The molecule has 1 heterocycles. The molecule has 0 spiro atoms. The number of aromatic amines is 1.